The molecule has 600 valence electrons. The number of halogens is 13. The van der Waals surface area contributed by atoms with Crippen molar-refractivity contribution in [2.75, 3.05) is 99.0 Å². The lowest BCUT2D eigenvalue weighted by Gasteiger charge is -2.34. The van der Waals surface area contributed by atoms with Crippen molar-refractivity contribution in [3.05, 3.63) is 166 Å². The lowest BCUT2D eigenvalue weighted by molar-refractivity contribution is -0.140. The number of benzene rings is 4. The van der Waals surface area contributed by atoms with Gasteiger partial charge < -0.3 is 47.0 Å². The smallest absolute Gasteiger partial charge is 0.381 e. The molecule has 0 radical (unpaired) electrons. The Labute approximate surface area is 643 Å². The summed E-state index contributed by atoms with van der Waals surface area (Å²) in [7, 11) is 1.80. The molecule has 7 saturated heterocycles. The van der Waals surface area contributed by atoms with E-state index < -0.39 is 53.1 Å². The second-order valence-corrected chi connectivity index (χ2v) is 31.5. The number of aromatic nitrogens is 8. The molecule has 0 spiro atoms. The summed E-state index contributed by atoms with van der Waals surface area (Å²) < 4.78 is 210. The fourth-order valence-corrected chi connectivity index (χ4v) is 18.6. The van der Waals surface area contributed by atoms with Gasteiger partial charge in [0.25, 0.3) is 0 Å². The lowest BCUT2D eigenvalue weighted by Crippen LogP contribution is -2.46. The highest BCUT2D eigenvalue weighted by Gasteiger charge is 2.43. The average Bonchev–Trinajstić information content (AvgIpc) is 1.60. The van der Waals surface area contributed by atoms with Gasteiger partial charge >= 0.3 is 18.5 Å². The van der Waals surface area contributed by atoms with Gasteiger partial charge in [-0.05, 0) is 168 Å². The largest absolute Gasteiger partial charge is 0.435 e. The second kappa shape index (κ2) is 31.2. The zero-order valence-electron chi connectivity index (χ0n) is 63.7. The van der Waals surface area contributed by atoms with Crippen LogP contribution in [0, 0.1) is 69.7 Å². The van der Waals surface area contributed by atoms with Crippen LogP contribution in [0.2, 0.25) is 0 Å². The van der Waals surface area contributed by atoms with E-state index in [1.165, 1.54) is 36.4 Å². The Bertz CT molecular complexity index is 5530. The summed E-state index contributed by atoms with van der Waals surface area (Å²) in [6, 6.07) is 19.8. The molecule has 8 aromatic heterocycles. The Morgan fingerprint density at radius 1 is 0.381 bits per heavy atom. The molecule has 7 aliphatic heterocycles. The van der Waals surface area contributed by atoms with Crippen LogP contribution in [0.15, 0.2) is 97.6 Å². The molecular formula is C84H89F13N12O4. The van der Waals surface area contributed by atoms with Gasteiger partial charge in [-0.3, -0.25) is 14.8 Å². The number of rotatable bonds is 13. The highest BCUT2D eigenvalue weighted by atomic mass is 19.4. The number of fused-ring (bicyclic) bond motifs is 17. The van der Waals surface area contributed by atoms with E-state index in [0.717, 1.165) is 150 Å². The summed E-state index contributed by atoms with van der Waals surface area (Å²) in [6.07, 6.45) is -1.30. The molecule has 29 heteroatoms. The van der Waals surface area contributed by atoms with Gasteiger partial charge in [-0.1, -0.05) is 0 Å². The van der Waals surface area contributed by atoms with E-state index in [4.69, 9.17) is 18.9 Å². The molecule has 15 heterocycles. The van der Waals surface area contributed by atoms with Crippen molar-refractivity contribution in [3.8, 4) is 0 Å². The molecule has 4 aromatic carbocycles. The molecule has 113 heavy (non-hydrogen) atoms. The van der Waals surface area contributed by atoms with Gasteiger partial charge in [0.1, 0.15) is 23.3 Å². The van der Waals surface area contributed by atoms with Crippen LogP contribution in [0.5, 0.6) is 0 Å². The second-order valence-electron chi connectivity index (χ2n) is 31.5. The summed E-state index contributed by atoms with van der Waals surface area (Å²) in [4.78, 5) is 24.8. The van der Waals surface area contributed by atoms with E-state index in [-0.39, 0.29) is 34.6 Å². The number of methoxy groups -OCH3 is 1. The molecule has 0 saturated carbocycles. The molecule has 0 amide bonds. The predicted molar refractivity (Wildman–Crippen MR) is 407 cm³/mol. The van der Waals surface area contributed by atoms with Crippen LogP contribution in [0.3, 0.4) is 0 Å². The number of hydrogen-bond acceptors (Lipinski definition) is 12. The van der Waals surface area contributed by atoms with Gasteiger partial charge in [-0.25, -0.2) is 32.5 Å². The summed E-state index contributed by atoms with van der Waals surface area (Å²) >= 11 is 0. The maximum absolute atomic E-state index is 14.2. The van der Waals surface area contributed by atoms with Gasteiger partial charge in [-0.2, -0.15) is 39.5 Å². The number of piperidine rings is 1. The van der Waals surface area contributed by atoms with E-state index in [2.05, 4.69) is 44.1 Å². The highest BCUT2D eigenvalue weighted by molar-refractivity contribution is 6.12. The minimum atomic E-state index is -4.59. The molecular weight excluding hydrogens is 1490 g/mol. The molecule has 0 aliphatic carbocycles. The molecule has 12 aromatic rings. The number of nitrogens with zero attached hydrogens (tertiary/aromatic N) is 12. The summed E-state index contributed by atoms with van der Waals surface area (Å²) in [5, 5.41) is 4.67. The van der Waals surface area contributed by atoms with E-state index in [1.54, 1.807) is 65.8 Å². The first-order valence-electron chi connectivity index (χ1n) is 38.8. The van der Waals surface area contributed by atoms with Crippen LogP contribution < -0.4 is 0 Å². The van der Waals surface area contributed by atoms with Crippen LogP contribution >= 0.6 is 0 Å². The first kappa shape index (κ1) is 78.3. The normalized spacial score (nSPS) is 21.4. The standard InChI is InChI=1S/3C21H21F4N3O.C21H26FN3O/c1-12-6-18-16(7-17(12)22)15-2-3-26-20(21(23,24)25)19(15)28(18)5-4-27-8-13-10-29-11-14(13)9-27;1-12-8-18-16(9-17(12)22)15-4-5-26-20(21(23,24)25)19(15)28(18)7-6-27-13-2-3-14(27)11-29-10-13;1-12-8-18-16(9-17(12)22)15-4-5-26-20(21(23,24)25)19(15)28(18)7-6-27-10-13-2-3-14(11-27)29-13;1-14-12-20-18(13-19(14)22)17-4-7-23-15(2)21(17)25(20)11-10-24-8-5-16(26-3)6-9-24/h2-3,6-7,13-14H,4-5,8-11H2,1H3;2*4-5,8-9,13-14H,2-3,6-7,10-11H2,1H3;4,7,12-13,16H,5-6,8-11H2,1-3H3. The average molecular weight is 1580 g/mol. The zero-order chi connectivity index (χ0) is 79.3. The van der Waals surface area contributed by atoms with Crippen LogP contribution in [-0.4, -0.2) is 187 Å². The SMILES string of the molecule is COC1CCN(CCn2c3cc(C)c(F)cc3c3ccnc(C)c32)CC1.Cc1cc2c(cc1F)c1ccnc(C(F)(F)F)c1n2CCN1C2CCC1COC2.Cc1cc2c(cc1F)c1ccnc(C(F)(F)F)c1n2CCN1CC2CCC(C1)O2.Cc1cc2c(cc1F)c1ccnc(C(F)(F)F)c1n2CCN1CC2COCC2C1. The fourth-order valence-electron chi connectivity index (χ4n) is 18.6. The van der Waals surface area contributed by atoms with E-state index in [9.17, 15) is 57.1 Å². The minimum Gasteiger partial charge on any atom is -0.381 e. The number of morpholine rings is 2. The topological polar surface area (TPSA) is 121 Å². The molecule has 7 fully saturated rings. The van der Waals surface area contributed by atoms with Gasteiger partial charge in [0, 0.05) is 213 Å². The number of hydrogen-bond donors (Lipinski definition) is 0. The number of alkyl halides is 9. The number of pyridine rings is 4. The van der Waals surface area contributed by atoms with Crippen molar-refractivity contribution in [1.82, 2.24) is 57.8 Å². The van der Waals surface area contributed by atoms with E-state index in [1.807, 2.05) is 32.2 Å². The highest BCUT2D eigenvalue weighted by Crippen LogP contribution is 2.44. The van der Waals surface area contributed by atoms with Crippen molar-refractivity contribution >= 4 is 87.2 Å². The third-order valence-electron chi connectivity index (χ3n) is 24.4. The summed E-state index contributed by atoms with van der Waals surface area (Å²) in [5.74, 6) is -0.393. The Morgan fingerprint density at radius 3 is 1.10 bits per heavy atom. The van der Waals surface area contributed by atoms with Gasteiger partial charge in [0.05, 0.1) is 72.5 Å². The fraction of sp³-hybridized carbons (Fsp3) is 0.476. The first-order valence-corrected chi connectivity index (χ1v) is 38.8. The summed E-state index contributed by atoms with van der Waals surface area (Å²) in [5.41, 5.74) is 4.28. The van der Waals surface area contributed by atoms with Crippen molar-refractivity contribution in [2.24, 2.45) is 11.8 Å². The minimum absolute atomic E-state index is 0.0243. The monoisotopic (exact) mass is 1580 g/mol. The van der Waals surface area contributed by atoms with Crippen LogP contribution in [0.4, 0.5) is 57.1 Å². The van der Waals surface area contributed by atoms with Crippen LogP contribution in [0.1, 0.15) is 83.6 Å². The van der Waals surface area contributed by atoms with Crippen LogP contribution in [-0.2, 0) is 63.7 Å². The van der Waals surface area contributed by atoms with Gasteiger partial charge in [-0.15, -0.1) is 0 Å². The lowest BCUT2D eigenvalue weighted by atomic mass is 10.0. The van der Waals surface area contributed by atoms with Gasteiger partial charge in [0.2, 0.25) is 0 Å². The molecule has 16 nitrogen and oxygen atoms in total. The maximum atomic E-state index is 14.2. The van der Waals surface area contributed by atoms with Crippen molar-refractivity contribution in [2.45, 2.75) is 148 Å². The Balaban J connectivity index is 0.000000114. The van der Waals surface area contributed by atoms with Crippen molar-refractivity contribution < 1.29 is 76.0 Å². The third kappa shape index (κ3) is 15.3. The third-order valence-corrected chi connectivity index (χ3v) is 24.4. The quantitative estimate of drug-likeness (QED) is 0.102. The molecule has 0 N–H and O–H groups in total. The number of aryl methyl sites for hydroxylation is 5. The van der Waals surface area contributed by atoms with Crippen molar-refractivity contribution in [1.29, 1.82) is 0 Å². The van der Waals surface area contributed by atoms with Crippen LogP contribution in [0.25, 0.3) is 87.2 Å². The molecule has 19 rings (SSSR count). The number of likely N-dealkylation sites (tertiary alicyclic amines) is 3. The zero-order valence-corrected chi connectivity index (χ0v) is 63.7. The van der Waals surface area contributed by atoms with Crippen molar-refractivity contribution in [3.63, 3.8) is 0 Å². The predicted octanol–water partition coefficient (Wildman–Crippen LogP) is 17.3. The molecule has 4 bridgehead atoms. The first-order chi connectivity index (χ1) is 54.1. The molecule has 6 unspecified atom stereocenters. The maximum Gasteiger partial charge on any atom is 0.435 e. The molecule has 7 aliphatic rings. The molecule has 6 atom stereocenters. The number of ether oxygens (including phenoxy) is 4. The van der Waals surface area contributed by atoms with Gasteiger partial charge in [0.15, 0.2) is 17.1 Å². The van der Waals surface area contributed by atoms with E-state index >= 15 is 0 Å². The Morgan fingerprint density at radius 2 is 0.717 bits per heavy atom. The Kier molecular flexibility index (Phi) is 21.7. The summed E-state index contributed by atoms with van der Waals surface area (Å²) in [6.45, 7) is 22.0. The Hall–Kier alpha value is -8.55. The van der Waals surface area contributed by atoms with E-state index in [0.29, 0.717) is 154 Å².